The van der Waals surface area contributed by atoms with Crippen LogP contribution in [0.15, 0.2) is 30.6 Å². The van der Waals surface area contributed by atoms with Gasteiger partial charge in [-0.2, -0.15) is 0 Å². The van der Waals surface area contributed by atoms with Crippen molar-refractivity contribution in [3.8, 4) is 5.75 Å². The quantitative estimate of drug-likeness (QED) is 0.481. The number of anilines is 1. The Bertz CT molecular complexity index is 926. The largest absolute Gasteiger partial charge is 0.493 e. The van der Waals surface area contributed by atoms with Gasteiger partial charge in [-0.15, -0.1) is 12.4 Å². The molecule has 3 rings (SSSR count). The van der Waals surface area contributed by atoms with Crippen molar-refractivity contribution >= 4 is 24.3 Å². The van der Waals surface area contributed by atoms with E-state index in [2.05, 4.69) is 38.9 Å². The number of nitrogens with zero attached hydrogens (tertiary/aromatic N) is 4. The fraction of sp³-hybridized carbons (Fsp3) is 0.560. The van der Waals surface area contributed by atoms with Crippen LogP contribution in [0.5, 0.6) is 5.75 Å². The number of hydrogen-bond acceptors (Lipinski definition) is 7. The van der Waals surface area contributed by atoms with Crippen molar-refractivity contribution in [1.29, 1.82) is 0 Å². The molecular weight excluding hydrogens is 473 g/mol. The number of benzene rings is 1. The second kappa shape index (κ2) is 14.2. The number of halogens is 2. The number of aryl methyl sites for hydroxylation is 1. The molecule has 1 amide bonds. The van der Waals surface area contributed by atoms with Crippen molar-refractivity contribution in [2.75, 3.05) is 44.3 Å². The first-order valence-corrected chi connectivity index (χ1v) is 12.0. The number of nitrogens with one attached hydrogen (secondary N) is 1. The molecule has 194 valence electrons. The maximum Gasteiger partial charge on any atom is 0.254 e. The highest BCUT2D eigenvalue weighted by Gasteiger charge is 2.22. The third-order valence-corrected chi connectivity index (χ3v) is 6.09. The standard InChI is InChI=1S/C25H36FN5O3.ClH/c1-4-5-20-15-27-25(28-16-20)31-11-9-30(10-12-31)19(3)8-13-34-21-6-7-22(23(26)14-21)24(33)29-18(2)17-32;/h6-7,14-16,18-19,32H,4-5,8-13,17H2,1-3H3,(H,29,33);1H/t18-,19?;/m1./s1. The highest BCUT2D eigenvalue weighted by Crippen LogP contribution is 2.19. The Morgan fingerprint density at radius 3 is 2.49 bits per heavy atom. The Morgan fingerprint density at radius 1 is 1.20 bits per heavy atom. The molecule has 0 saturated carbocycles. The second-order valence-corrected chi connectivity index (χ2v) is 8.85. The minimum atomic E-state index is -0.644. The van der Waals surface area contributed by atoms with Crippen LogP contribution in [0.2, 0.25) is 0 Å². The molecule has 8 nitrogen and oxygen atoms in total. The summed E-state index contributed by atoms with van der Waals surface area (Å²) in [6.45, 7) is 9.81. The number of aromatic nitrogens is 2. The van der Waals surface area contributed by atoms with Gasteiger partial charge >= 0.3 is 0 Å². The van der Waals surface area contributed by atoms with E-state index >= 15 is 0 Å². The summed E-state index contributed by atoms with van der Waals surface area (Å²) in [7, 11) is 0. The number of rotatable bonds is 11. The second-order valence-electron chi connectivity index (χ2n) is 8.85. The van der Waals surface area contributed by atoms with Crippen LogP contribution in [0.3, 0.4) is 0 Å². The van der Waals surface area contributed by atoms with E-state index in [0.717, 1.165) is 51.4 Å². The Labute approximate surface area is 213 Å². The van der Waals surface area contributed by atoms with Crippen molar-refractivity contribution in [3.63, 3.8) is 0 Å². The molecule has 1 unspecified atom stereocenters. The molecule has 0 radical (unpaired) electrons. The molecule has 1 aromatic carbocycles. The minimum Gasteiger partial charge on any atom is -0.493 e. The first kappa shape index (κ1) is 28.7. The lowest BCUT2D eigenvalue weighted by Crippen LogP contribution is -2.50. The van der Waals surface area contributed by atoms with Crippen molar-refractivity contribution < 1.29 is 19.0 Å². The summed E-state index contributed by atoms with van der Waals surface area (Å²) < 4.78 is 20.1. The van der Waals surface area contributed by atoms with E-state index in [4.69, 9.17) is 9.84 Å². The van der Waals surface area contributed by atoms with Gasteiger partial charge in [0.25, 0.3) is 5.91 Å². The van der Waals surface area contributed by atoms with Crippen LogP contribution in [0, 0.1) is 5.82 Å². The topological polar surface area (TPSA) is 90.8 Å². The summed E-state index contributed by atoms with van der Waals surface area (Å²) in [5.41, 5.74) is 1.11. The number of carbonyl (C=O) groups excluding carboxylic acids is 1. The van der Waals surface area contributed by atoms with Crippen LogP contribution in [-0.4, -0.2) is 77.4 Å². The summed E-state index contributed by atoms with van der Waals surface area (Å²) in [6, 6.07) is 4.11. The molecule has 2 heterocycles. The summed E-state index contributed by atoms with van der Waals surface area (Å²) in [5, 5.41) is 11.6. The van der Waals surface area contributed by atoms with Crippen molar-refractivity contribution in [3.05, 3.63) is 47.5 Å². The molecule has 35 heavy (non-hydrogen) atoms. The van der Waals surface area contributed by atoms with Gasteiger partial charge in [0, 0.05) is 56.7 Å². The number of ether oxygens (including phenoxy) is 1. The zero-order valence-corrected chi connectivity index (χ0v) is 21.6. The van der Waals surface area contributed by atoms with E-state index in [-0.39, 0.29) is 24.6 Å². The van der Waals surface area contributed by atoms with Crippen molar-refractivity contribution in [1.82, 2.24) is 20.2 Å². The molecule has 0 aliphatic carbocycles. The minimum absolute atomic E-state index is 0. The third-order valence-electron chi connectivity index (χ3n) is 6.09. The molecule has 1 fully saturated rings. The maximum atomic E-state index is 14.3. The average Bonchev–Trinajstić information content (AvgIpc) is 2.84. The predicted molar refractivity (Wildman–Crippen MR) is 137 cm³/mol. The van der Waals surface area contributed by atoms with Gasteiger partial charge in [-0.3, -0.25) is 9.69 Å². The van der Waals surface area contributed by atoms with Gasteiger partial charge < -0.3 is 20.1 Å². The van der Waals surface area contributed by atoms with E-state index in [1.165, 1.54) is 17.7 Å². The van der Waals surface area contributed by atoms with Crippen LogP contribution in [0.1, 0.15) is 49.5 Å². The fourth-order valence-electron chi connectivity index (χ4n) is 3.94. The molecule has 1 saturated heterocycles. The summed E-state index contributed by atoms with van der Waals surface area (Å²) in [6.07, 6.45) is 6.75. The number of piperazine rings is 1. The van der Waals surface area contributed by atoms with Crippen LogP contribution in [-0.2, 0) is 6.42 Å². The van der Waals surface area contributed by atoms with Crippen LogP contribution < -0.4 is 15.0 Å². The van der Waals surface area contributed by atoms with E-state index in [1.807, 2.05) is 12.4 Å². The Balaban J connectivity index is 0.00000432. The van der Waals surface area contributed by atoms with Gasteiger partial charge in [-0.05, 0) is 44.4 Å². The first-order chi connectivity index (χ1) is 16.4. The van der Waals surface area contributed by atoms with Gasteiger partial charge in [0.2, 0.25) is 5.95 Å². The molecule has 0 spiro atoms. The van der Waals surface area contributed by atoms with Gasteiger partial charge in [0.05, 0.1) is 18.8 Å². The Kier molecular flexibility index (Phi) is 11.6. The predicted octanol–water partition coefficient (Wildman–Crippen LogP) is 3.08. The van der Waals surface area contributed by atoms with Crippen LogP contribution >= 0.6 is 12.4 Å². The lowest BCUT2D eigenvalue weighted by atomic mass is 10.1. The lowest BCUT2D eigenvalue weighted by Gasteiger charge is -2.38. The SMILES string of the molecule is CCCc1cnc(N2CCN(C(C)CCOc3ccc(C(=O)N[C@H](C)CO)c(F)c3)CC2)nc1.Cl. The van der Waals surface area contributed by atoms with E-state index < -0.39 is 17.8 Å². The molecular formula is C25H37ClFN5O3. The molecule has 1 aromatic heterocycles. The number of aliphatic hydroxyl groups is 1. The molecule has 2 aromatic rings. The highest BCUT2D eigenvalue weighted by atomic mass is 35.5. The molecule has 2 N–H and O–H groups in total. The van der Waals surface area contributed by atoms with Crippen LogP contribution in [0.25, 0.3) is 0 Å². The Hall–Kier alpha value is -2.49. The number of hydrogen-bond donors (Lipinski definition) is 2. The van der Waals surface area contributed by atoms with Crippen molar-refractivity contribution in [2.45, 2.75) is 52.1 Å². The van der Waals surface area contributed by atoms with Gasteiger partial charge in [-0.1, -0.05) is 13.3 Å². The first-order valence-electron chi connectivity index (χ1n) is 12.0. The summed E-state index contributed by atoms with van der Waals surface area (Å²) in [4.78, 5) is 25.7. The highest BCUT2D eigenvalue weighted by molar-refractivity contribution is 5.94. The van der Waals surface area contributed by atoms with Gasteiger partial charge in [0.15, 0.2) is 0 Å². The number of aliphatic hydroxyl groups excluding tert-OH is 1. The normalized spacial score (nSPS) is 15.7. The Morgan fingerprint density at radius 2 is 1.89 bits per heavy atom. The summed E-state index contributed by atoms with van der Waals surface area (Å²) >= 11 is 0. The van der Waals surface area contributed by atoms with E-state index in [9.17, 15) is 9.18 Å². The number of amides is 1. The maximum absolute atomic E-state index is 14.3. The van der Waals surface area contributed by atoms with Gasteiger partial charge in [0.1, 0.15) is 11.6 Å². The molecule has 2 atom stereocenters. The third kappa shape index (κ3) is 8.30. The summed E-state index contributed by atoms with van der Waals surface area (Å²) in [5.74, 6) is -0.0136. The molecule has 1 aliphatic rings. The zero-order chi connectivity index (χ0) is 24.5. The monoisotopic (exact) mass is 509 g/mol. The smallest absolute Gasteiger partial charge is 0.254 e. The van der Waals surface area contributed by atoms with E-state index in [0.29, 0.717) is 18.4 Å². The number of carbonyl (C=O) groups is 1. The van der Waals surface area contributed by atoms with Crippen LogP contribution in [0.4, 0.5) is 10.3 Å². The van der Waals surface area contributed by atoms with Crippen molar-refractivity contribution in [2.24, 2.45) is 0 Å². The van der Waals surface area contributed by atoms with E-state index in [1.54, 1.807) is 13.0 Å². The zero-order valence-electron chi connectivity index (χ0n) is 20.7. The average molecular weight is 510 g/mol. The molecule has 1 aliphatic heterocycles. The lowest BCUT2D eigenvalue weighted by molar-refractivity contribution is 0.0918. The molecule has 0 bridgehead atoms. The molecule has 10 heteroatoms. The van der Waals surface area contributed by atoms with Gasteiger partial charge in [-0.25, -0.2) is 14.4 Å². The fourth-order valence-corrected chi connectivity index (χ4v) is 3.94.